The lowest BCUT2D eigenvalue weighted by molar-refractivity contribution is -0.136. The van der Waals surface area contributed by atoms with Gasteiger partial charge >= 0.3 is 6.18 Å². The van der Waals surface area contributed by atoms with Gasteiger partial charge in [0.1, 0.15) is 5.82 Å². The minimum absolute atomic E-state index is 0.110. The first kappa shape index (κ1) is 14.0. The molecule has 17 heavy (non-hydrogen) atoms. The van der Waals surface area contributed by atoms with Crippen LogP contribution in [0.25, 0.3) is 0 Å². The molecule has 3 N–H and O–H groups in total. The molecule has 1 atom stereocenters. The van der Waals surface area contributed by atoms with Crippen LogP contribution in [0.2, 0.25) is 0 Å². The third kappa shape index (κ3) is 4.35. The summed E-state index contributed by atoms with van der Waals surface area (Å²) in [7, 11) is 0. The molecule has 1 rings (SSSR count). The molecule has 0 spiro atoms. The van der Waals surface area contributed by atoms with Gasteiger partial charge in [0.2, 0.25) is 0 Å². The molecule has 7 heteroatoms. The van der Waals surface area contributed by atoms with E-state index in [4.69, 9.17) is 5.84 Å². The van der Waals surface area contributed by atoms with Crippen molar-refractivity contribution < 1.29 is 13.2 Å². The van der Waals surface area contributed by atoms with Crippen molar-refractivity contribution in [3.63, 3.8) is 0 Å². The fourth-order valence-electron chi connectivity index (χ4n) is 1.66. The molecule has 0 radical (unpaired) electrons. The van der Waals surface area contributed by atoms with E-state index >= 15 is 0 Å². The second-order valence-electron chi connectivity index (χ2n) is 3.85. The van der Waals surface area contributed by atoms with Crippen molar-refractivity contribution in [3.05, 3.63) is 18.2 Å². The van der Waals surface area contributed by atoms with Gasteiger partial charge in [0.15, 0.2) is 0 Å². The number of nitrogens with zero attached hydrogens (tertiary/aromatic N) is 2. The van der Waals surface area contributed by atoms with E-state index in [1.165, 1.54) is 0 Å². The molecule has 0 fully saturated rings. The molecule has 0 amide bonds. The van der Waals surface area contributed by atoms with Gasteiger partial charge in [-0.3, -0.25) is 5.84 Å². The van der Waals surface area contributed by atoms with Crippen molar-refractivity contribution in [3.8, 4) is 0 Å². The maximum atomic E-state index is 12.1. The highest BCUT2D eigenvalue weighted by atomic mass is 19.4. The summed E-state index contributed by atoms with van der Waals surface area (Å²) in [5.41, 5.74) is 2.39. The highest BCUT2D eigenvalue weighted by Crippen LogP contribution is 2.26. The molecule has 0 saturated carbocycles. The zero-order valence-corrected chi connectivity index (χ0v) is 9.67. The van der Waals surface area contributed by atoms with E-state index in [0.717, 1.165) is 13.0 Å². The first-order valence-corrected chi connectivity index (χ1v) is 5.52. The molecule has 0 saturated heterocycles. The predicted octanol–water partition coefficient (Wildman–Crippen LogP) is 2.14. The lowest BCUT2D eigenvalue weighted by Gasteiger charge is -2.17. The van der Waals surface area contributed by atoms with Crippen LogP contribution >= 0.6 is 0 Å². The lowest BCUT2D eigenvalue weighted by Crippen LogP contribution is -2.31. The predicted molar refractivity (Wildman–Crippen MR) is 57.9 cm³/mol. The lowest BCUT2D eigenvalue weighted by atomic mass is 10.1. The Balaban J connectivity index is 2.69. The van der Waals surface area contributed by atoms with Crippen molar-refractivity contribution in [2.75, 3.05) is 0 Å². The largest absolute Gasteiger partial charge is 0.389 e. The van der Waals surface area contributed by atoms with Crippen molar-refractivity contribution in [1.82, 2.24) is 15.0 Å². The van der Waals surface area contributed by atoms with Crippen molar-refractivity contribution in [2.45, 2.75) is 44.9 Å². The Hall–Kier alpha value is -1.08. The highest BCUT2D eigenvalue weighted by molar-refractivity contribution is 4.99. The third-order valence-corrected chi connectivity index (χ3v) is 2.44. The van der Waals surface area contributed by atoms with Crippen LogP contribution in [0, 0.1) is 0 Å². The Morgan fingerprint density at radius 3 is 2.76 bits per heavy atom. The van der Waals surface area contributed by atoms with E-state index in [2.05, 4.69) is 10.4 Å². The normalized spacial score (nSPS) is 13.9. The molecule has 1 unspecified atom stereocenters. The van der Waals surface area contributed by atoms with Gasteiger partial charge in [-0.2, -0.15) is 13.2 Å². The van der Waals surface area contributed by atoms with E-state index in [9.17, 15) is 13.2 Å². The monoisotopic (exact) mass is 250 g/mol. The van der Waals surface area contributed by atoms with Crippen LogP contribution in [-0.2, 0) is 6.54 Å². The van der Waals surface area contributed by atoms with E-state index in [1.807, 2.05) is 11.5 Å². The van der Waals surface area contributed by atoms with Crippen molar-refractivity contribution in [2.24, 2.45) is 5.84 Å². The summed E-state index contributed by atoms with van der Waals surface area (Å²) in [6.07, 6.45) is -0.946. The number of rotatable bonds is 6. The smallest absolute Gasteiger partial charge is 0.334 e. The van der Waals surface area contributed by atoms with Gasteiger partial charge in [0.05, 0.1) is 6.04 Å². The van der Waals surface area contributed by atoms with Gasteiger partial charge in [-0.1, -0.05) is 6.92 Å². The third-order valence-electron chi connectivity index (χ3n) is 2.44. The number of hydrogen-bond acceptors (Lipinski definition) is 3. The van der Waals surface area contributed by atoms with Gasteiger partial charge in [-0.25, -0.2) is 10.4 Å². The number of imidazole rings is 1. The number of alkyl halides is 3. The Morgan fingerprint density at radius 2 is 2.24 bits per heavy atom. The first-order valence-electron chi connectivity index (χ1n) is 5.52. The van der Waals surface area contributed by atoms with Crippen molar-refractivity contribution >= 4 is 0 Å². The second-order valence-corrected chi connectivity index (χ2v) is 3.85. The van der Waals surface area contributed by atoms with Crippen LogP contribution < -0.4 is 11.3 Å². The zero-order valence-electron chi connectivity index (χ0n) is 9.67. The molecule has 98 valence electrons. The number of hydrazine groups is 1. The number of aryl methyl sites for hydroxylation is 1. The molecule has 0 aromatic carbocycles. The molecule has 1 heterocycles. The summed E-state index contributed by atoms with van der Waals surface area (Å²) in [6, 6.07) is -0.571. The topological polar surface area (TPSA) is 55.9 Å². The average molecular weight is 250 g/mol. The number of nitrogens with two attached hydrogens (primary N) is 1. The van der Waals surface area contributed by atoms with Gasteiger partial charge < -0.3 is 4.57 Å². The van der Waals surface area contributed by atoms with Gasteiger partial charge in [0.25, 0.3) is 0 Å². The van der Waals surface area contributed by atoms with Crippen LogP contribution in [0.5, 0.6) is 0 Å². The maximum Gasteiger partial charge on any atom is 0.389 e. The number of halogens is 3. The Labute approximate surface area is 98.0 Å². The highest BCUT2D eigenvalue weighted by Gasteiger charge is 2.29. The van der Waals surface area contributed by atoms with Crippen molar-refractivity contribution in [1.29, 1.82) is 0 Å². The molecule has 0 aliphatic carbocycles. The molecule has 0 aliphatic rings. The fourth-order valence-corrected chi connectivity index (χ4v) is 1.66. The Morgan fingerprint density at radius 1 is 1.53 bits per heavy atom. The van der Waals surface area contributed by atoms with E-state index in [0.29, 0.717) is 5.82 Å². The number of aromatic nitrogens is 2. The molecular formula is C10H17F3N4. The number of hydrogen-bond donors (Lipinski definition) is 2. The van der Waals surface area contributed by atoms with Crippen LogP contribution in [0.1, 0.15) is 38.1 Å². The second kappa shape index (κ2) is 6.02. The van der Waals surface area contributed by atoms with Crippen LogP contribution in [0.15, 0.2) is 12.4 Å². The summed E-state index contributed by atoms with van der Waals surface area (Å²) < 4.78 is 38.3. The molecule has 0 aliphatic heterocycles. The van der Waals surface area contributed by atoms with E-state index in [-0.39, 0.29) is 6.42 Å². The van der Waals surface area contributed by atoms with Gasteiger partial charge in [-0.15, -0.1) is 0 Å². The zero-order chi connectivity index (χ0) is 12.9. The van der Waals surface area contributed by atoms with Gasteiger partial charge in [-0.05, 0) is 12.8 Å². The first-order chi connectivity index (χ1) is 7.98. The summed E-state index contributed by atoms with van der Waals surface area (Å²) in [4.78, 5) is 4.06. The molecule has 4 nitrogen and oxygen atoms in total. The summed E-state index contributed by atoms with van der Waals surface area (Å²) in [5.74, 6) is 5.84. The Kier molecular flexibility index (Phi) is 4.95. The van der Waals surface area contributed by atoms with Crippen LogP contribution in [0.3, 0.4) is 0 Å². The standard InChI is InChI=1S/C10H17F3N4/c1-2-6-17-7-5-15-9(17)8(16-14)3-4-10(11,12)13/h5,7-8,16H,2-4,6,14H2,1H3. The minimum Gasteiger partial charge on any atom is -0.334 e. The maximum absolute atomic E-state index is 12.1. The fraction of sp³-hybridized carbons (Fsp3) is 0.700. The van der Waals surface area contributed by atoms with Crippen LogP contribution in [-0.4, -0.2) is 15.7 Å². The van der Waals surface area contributed by atoms with E-state index < -0.39 is 18.6 Å². The average Bonchev–Trinajstić information content (AvgIpc) is 2.66. The SMILES string of the molecule is CCCn1ccnc1C(CCC(F)(F)F)NN. The summed E-state index contributed by atoms with van der Waals surface area (Å²) in [5, 5.41) is 0. The Bertz CT molecular complexity index is 335. The van der Waals surface area contributed by atoms with Crippen LogP contribution in [0.4, 0.5) is 13.2 Å². The molecule has 1 aromatic heterocycles. The quantitative estimate of drug-likeness (QED) is 0.600. The number of nitrogens with one attached hydrogen (secondary N) is 1. The minimum atomic E-state index is -4.17. The summed E-state index contributed by atoms with van der Waals surface area (Å²) >= 11 is 0. The molecule has 0 bridgehead atoms. The van der Waals surface area contributed by atoms with Gasteiger partial charge in [0, 0.05) is 25.4 Å². The summed E-state index contributed by atoms with van der Waals surface area (Å²) in [6.45, 7) is 2.71. The van der Waals surface area contributed by atoms with E-state index in [1.54, 1.807) is 12.4 Å². The molecular weight excluding hydrogens is 233 g/mol. The molecule has 1 aromatic rings.